The van der Waals surface area contributed by atoms with Gasteiger partial charge in [-0.2, -0.15) is 0 Å². The Hall–Kier alpha value is -1.32. The van der Waals surface area contributed by atoms with Gasteiger partial charge in [0.05, 0.1) is 0 Å². The van der Waals surface area contributed by atoms with Gasteiger partial charge in [-0.05, 0) is 31.6 Å². The number of nitrogens with zero attached hydrogens (tertiary/aromatic N) is 1. The first-order chi connectivity index (χ1) is 11.3. The molecule has 0 amide bonds. The van der Waals surface area contributed by atoms with Crippen molar-refractivity contribution in [2.24, 2.45) is 0 Å². The van der Waals surface area contributed by atoms with Crippen molar-refractivity contribution in [1.82, 2.24) is 0 Å². The maximum atomic E-state index is 6.15. The van der Waals surface area contributed by atoms with Crippen LogP contribution in [-0.2, 0) is 4.84 Å². The van der Waals surface area contributed by atoms with Crippen LogP contribution in [0.3, 0.4) is 0 Å². The van der Waals surface area contributed by atoms with Crippen LogP contribution in [0.15, 0.2) is 42.1 Å². The lowest BCUT2D eigenvalue weighted by molar-refractivity contribution is -1.24. The second-order valence-corrected chi connectivity index (χ2v) is 6.29. The maximum absolute atomic E-state index is 6.15. The van der Waals surface area contributed by atoms with Crippen molar-refractivity contribution >= 4 is 0 Å². The summed E-state index contributed by atoms with van der Waals surface area (Å²) in [6.07, 6.45) is 12.5. The zero-order valence-corrected chi connectivity index (χ0v) is 14.8. The predicted octanol–water partition coefficient (Wildman–Crippen LogP) is 5.79. The molecule has 1 aliphatic heterocycles. The summed E-state index contributed by atoms with van der Waals surface area (Å²) in [6, 6.07) is 9.98. The predicted molar refractivity (Wildman–Crippen MR) is 94.5 cm³/mol. The van der Waals surface area contributed by atoms with Crippen LogP contribution in [0.2, 0.25) is 0 Å². The number of benzene rings is 1. The van der Waals surface area contributed by atoms with E-state index in [4.69, 9.17) is 9.68 Å². The van der Waals surface area contributed by atoms with E-state index in [1.165, 1.54) is 50.6 Å². The Morgan fingerprint density at radius 2 is 1.74 bits per heavy atom. The molecule has 0 aromatic heterocycles. The Morgan fingerprint density at radius 1 is 1.09 bits per heavy atom. The fourth-order valence-electron chi connectivity index (χ4n) is 3.04. The molecule has 1 aromatic carbocycles. The summed E-state index contributed by atoms with van der Waals surface area (Å²) in [7, 11) is 0. The minimum atomic E-state index is 0.232. The molecule has 3 nitrogen and oxygen atoms in total. The molecular weight excluding hydrogens is 286 g/mol. The Bertz CT molecular complexity index is 466. The molecule has 1 aromatic rings. The second kappa shape index (κ2) is 9.74. The Balaban J connectivity index is 1.79. The molecule has 2 rings (SSSR count). The van der Waals surface area contributed by atoms with Crippen molar-refractivity contribution in [3.05, 3.63) is 42.1 Å². The summed E-state index contributed by atoms with van der Waals surface area (Å²) < 4.78 is 0. The molecule has 1 unspecified atom stereocenters. The zero-order valence-electron chi connectivity index (χ0n) is 14.8. The first kappa shape index (κ1) is 18.0. The maximum Gasteiger partial charge on any atom is 0.195 e. The van der Waals surface area contributed by atoms with Crippen molar-refractivity contribution in [2.75, 3.05) is 13.2 Å². The van der Waals surface area contributed by atoms with Gasteiger partial charge in [-0.1, -0.05) is 63.6 Å². The van der Waals surface area contributed by atoms with E-state index < -0.39 is 0 Å². The molecule has 1 aliphatic rings. The summed E-state index contributed by atoms with van der Waals surface area (Å²) in [5, 5.41) is 0. The fourth-order valence-corrected chi connectivity index (χ4v) is 3.04. The van der Waals surface area contributed by atoms with E-state index in [2.05, 4.69) is 19.9 Å². The van der Waals surface area contributed by atoms with Gasteiger partial charge >= 0.3 is 0 Å². The summed E-state index contributed by atoms with van der Waals surface area (Å²) in [4.78, 5) is 12.2. The number of hydroxylamine groups is 4. The van der Waals surface area contributed by atoms with Gasteiger partial charge < -0.3 is 0 Å². The lowest BCUT2D eigenvalue weighted by Gasteiger charge is -2.39. The van der Waals surface area contributed by atoms with E-state index in [1.807, 2.05) is 30.3 Å². The van der Waals surface area contributed by atoms with Crippen molar-refractivity contribution in [2.45, 2.75) is 65.2 Å². The van der Waals surface area contributed by atoms with Crippen molar-refractivity contribution < 1.29 is 14.5 Å². The van der Waals surface area contributed by atoms with Crippen LogP contribution in [0.1, 0.15) is 65.2 Å². The minimum absolute atomic E-state index is 0.232. The molecular formula is C20H32NO2+. The van der Waals surface area contributed by atoms with Gasteiger partial charge in [0.25, 0.3) is 0 Å². The molecule has 0 N–H and O–H groups in total. The Kier molecular flexibility index (Phi) is 7.63. The average Bonchev–Trinajstić information content (AvgIpc) is 2.55. The number of allylic oxidation sites excluding steroid dienone is 2. The summed E-state index contributed by atoms with van der Waals surface area (Å²) in [6.45, 7) is 6.01. The molecule has 0 spiro atoms. The molecule has 1 fully saturated rings. The van der Waals surface area contributed by atoms with Gasteiger partial charge in [0.1, 0.15) is 0 Å². The third kappa shape index (κ3) is 5.36. The molecule has 0 aliphatic carbocycles. The van der Waals surface area contributed by atoms with E-state index >= 15 is 0 Å². The van der Waals surface area contributed by atoms with Gasteiger partial charge in [0.15, 0.2) is 24.6 Å². The third-order valence-corrected chi connectivity index (χ3v) is 4.49. The molecule has 0 saturated carbocycles. The largest absolute Gasteiger partial charge is 0.275 e. The van der Waals surface area contributed by atoms with E-state index in [9.17, 15) is 0 Å². The van der Waals surface area contributed by atoms with Gasteiger partial charge in [0.2, 0.25) is 0 Å². The van der Waals surface area contributed by atoms with E-state index in [-0.39, 0.29) is 4.81 Å². The number of unbranched alkanes of at least 4 members (excludes halogenated alkanes) is 6. The normalized spacial score (nSPS) is 21.0. The van der Waals surface area contributed by atoms with E-state index in [0.717, 1.165) is 25.3 Å². The highest BCUT2D eigenvalue weighted by Crippen LogP contribution is 2.32. The van der Waals surface area contributed by atoms with E-state index in [0.29, 0.717) is 0 Å². The first-order valence-electron chi connectivity index (χ1n) is 9.24. The number of para-hydroxylation sites is 1. The monoisotopic (exact) mass is 318 g/mol. The van der Waals surface area contributed by atoms with Crippen LogP contribution in [0, 0.1) is 0 Å². The summed E-state index contributed by atoms with van der Waals surface area (Å²) >= 11 is 0. The quantitative estimate of drug-likeness (QED) is 0.380. The van der Waals surface area contributed by atoms with Gasteiger partial charge in [0, 0.05) is 11.2 Å². The highest BCUT2D eigenvalue weighted by atomic mass is 17.0. The average molecular weight is 318 g/mol. The SMILES string of the molecule is CC=C(CCCCCCCCC)[N+]1(Oc2ccccc2)CCO1. The standard InChI is InChI=1S/C20H32NO2/c1-3-5-6-7-8-9-11-14-19(4-2)21(17-18-22-21)23-20-15-12-10-13-16-20/h4,10,12-13,15-16H,3,5-9,11,14,17-18H2,1-2H3/q+1. The highest BCUT2D eigenvalue weighted by Gasteiger charge is 2.46. The molecule has 3 heteroatoms. The van der Waals surface area contributed by atoms with Crippen LogP contribution in [0.4, 0.5) is 0 Å². The number of quaternary nitrogens is 1. The van der Waals surface area contributed by atoms with Crippen LogP contribution in [0.5, 0.6) is 5.75 Å². The Morgan fingerprint density at radius 3 is 2.30 bits per heavy atom. The smallest absolute Gasteiger partial charge is 0.195 e. The van der Waals surface area contributed by atoms with Crippen molar-refractivity contribution in [3.8, 4) is 5.75 Å². The number of hydrogen-bond acceptors (Lipinski definition) is 2. The summed E-state index contributed by atoms with van der Waals surface area (Å²) in [5.74, 6) is 0.867. The van der Waals surface area contributed by atoms with Crippen LogP contribution in [-0.4, -0.2) is 18.0 Å². The summed E-state index contributed by atoms with van der Waals surface area (Å²) in [5.41, 5.74) is 1.24. The van der Waals surface area contributed by atoms with Crippen LogP contribution in [0.25, 0.3) is 0 Å². The third-order valence-electron chi connectivity index (χ3n) is 4.49. The first-order valence-corrected chi connectivity index (χ1v) is 9.24. The van der Waals surface area contributed by atoms with Gasteiger partial charge in [-0.15, -0.1) is 4.84 Å². The Labute approximate surface area is 141 Å². The van der Waals surface area contributed by atoms with E-state index in [1.54, 1.807) is 0 Å². The topological polar surface area (TPSA) is 18.5 Å². The van der Waals surface area contributed by atoms with Gasteiger partial charge in [-0.25, -0.2) is 0 Å². The fraction of sp³-hybridized carbons (Fsp3) is 0.600. The molecule has 0 radical (unpaired) electrons. The van der Waals surface area contributed by atoms with Crippen LogP contribution < -0.4 is 4.84 Å². The molecule has 1 atom stereocenters. The molecule has 23 heavy (non-hydrogen) atoms. The minimum Gasteiger partial charge on any atom is -0.275 e. The zero-order chi connectivity index (χ0) is 16.4. The molecule has 0 bridgehead atoms. The molecule has 1 saturated heterocycles. The van der Waals surface area contributed by atoms with Crippen molar-refractivity contribution in [3.63, 3.8) is 0 Å². The molecule has 128 valence electrons. The second-order valence-electron chi connectivity index (χ2n) is 6.29. The lowest BCUT2D eigenvalue weighted by Crippen LogP contribution is -2.60. The molecule has 1 heterocycles. The lowest BCUT2D eigenvalue weighted by atomic mass is 10.1. The van der Waals surface area contributed by atoms with Gasteiger partial charge in [-0.3, -0.25) is 4.84 Å². The number of rotatable bonds is 11. The number of hydrogen-bond donors (Lipinski definition) is 0. The van der Waals surface area contributed by atoms with Crippen molar-refractivity contribution in [1.29, 1.82) is 0 Å². The van der Waals surface area contributed by atoms with Crippen LogP contribution >= 0.6 is 0 Å². The highest BCUT2D eigenvalue weighted by molar-refractivity contribution is 5.20.